The van der Waals surface area contributed by atoms with Crippen LogP contribution in [0.1, 0.15) is 47.0 Å². The fraction of sp³-hybridized carbons (Fsp3) is 0.810. The Kier molecular flexibility index (Phi) is 14.0. The van der Waals surface area contributed by atoms with E-state index in [1.807, 2.05) is 0 Å². The summed E-state index contributed by atoms with van der Waals surface area (Å²) in [7, 11) is 0. The average molecular weight is 495 g/mol. The molecule has 5 atom stereocenters. The number of hydrogen-bond donors (Lipinski definition) is 1. The number of unbranched alkanes of at least 4 members (excludes halogenated alkanes) is 2. The summed E-state index contributed by atoms with van der Waals surface area (Å²) in [5, 5.41) is 8.79. The summed E-state index contributed by atoms with van der Waals surface area (Å²) in [4.78, 5) is 46.5. The van der Waals surface area contributed by atoms with Crippen molar-refractivity contribution in [3.05, 3.63) is 0 Å². The minimum Gasteiger partial charge on any atom is -0.463 e. The number of ether oxygens (including phenoxy) is 6. The molecule has 1 heterocycles. The average Bonchev–Trinajstić information content (AvgIpc) is 2.71. The molecule has 11 nitrogen and oxygen atoms in total. The molecule has 1 aliphatic rings. The highest BCUT2D eigenvalue weighted by Crippen LogP contribution is 2.30. The molecule has 12 heteroatoms. The predicted molar refractivity (Wildman–Crippen MR) is 116 cm³/mol. The Morgan fingerprint density at radius 3 is 1.97 bits per heavy atom. The zero-order chi connectivity index (χ0) is 24.8. The van der Waals surface area contributed by atoms with Crippen molar-refractivity contribution in [1.82, 2.24) is 0 Å². The molecule has 1 saturated heterocycles. The maximum atomic E-state index is 11.8. The van der Waals surface area contributed by atoms with Crippen LogP contribution in [-0.4, -0.2) is 91.0 Å². The van der Waals surface area contributed by atoms with Crippen molar-refractivity contribution >= 4 is 35.6 Å². The molecular formula is C21H34O11S. The van der Waals surface area contributed by atoms with Crippen LogP contribution in [0.25, 0.3) is 0 Å². The Morgan fingerprint density at radius 1 is 0.788 bits per heavy atom. The number of thioether (sulfide) groups is 1. The van der Waals surface area contributed by atoms with E-state index in [0.717, 1.165) is 32.4 Å². The van der Waals surface area contributed by atoms with Crippen LogP contribution in [0.5, 0.6) is 0 Å². The van der Waals surface area contributed by atoms with Crippen LogP contribution < -0.4 is 0 Å². The van der Waals surface area contributed by atoms with Gasteiger partial charge in [0.25, 0.3) is 0 Å². The van der Waals surface area contributed by atoms with Gasteiger partial charge >= 0.3 is 23.9 Å². The third-order valence-corrected chi connectivity index (χ3v) is 5.45. The van der Waals surface area contributed by atoms with E-state index in [-0.39, 0.29) is 19.8 Å². The third-order valence-electron chi connectivity index (χ3n) is 4.40. The summed E-state index contributed by atoms with van der Waals surface area (Å²) in [6.45, 7) is 4.83. The SMILES string of the molecule is CC(=O)OC[C@H]1O[C@@H](OCCCCCSCCO)[C@H](OC(C)=O)[C@@H](OC(C)=O)[C@@H]1OC(C)=O. The predicted octanol–water partition coefficient (Wildman–Crippen LogP) is 0.982. The quantitative estimate of drug-likeness (QED) is 0.209. The van der Waals surface area contributed by atoms with Crippen LogP contribution in [-0.2, 0) is 47.6 Å². The first-order chi connectivity index (χ1) is 15.6. The van der Waals surface area contributed by atoms with Gasteiger partial charge in [0.1, 0.15) is 12.7 Å². The molecule has 0 saturated carbocycles. The van der Waals surface area contributed by atoms with Gasteiger partial charge in [-0.1, -0.05) is 6.42 Å². The topological polar surface area (TPSA) is 144 Å². The molecule has 1 fully saturated rings. The Labute approximate surface area is 197 Å². The van der Waals surface area contributed by atoms with Gasteiger partial charge in [0.15, 0.2) is 24.6 Å². The number of aliphatic hydroxyl groups is 1. The first-order valence-corrected chi connectivity index (χ1v) is 11.9. The van der Waals surface area contributed by atoms with Gasteiger partial charge in [-0.15, -0.1) is 0 Å². The molecule has 0 spiro atoms. The molecule has 33 heavy (non-hydrogen) atoms. The number of hydrogen-bond acceptors (Lipinski definition) is 12. The highest BCUT2D eigenvalue weighted by molar-refractivity contribution is 7.99. The van der Waals surface area contributed by atoms with Crippen molar-refractivity contribution in [2.24, 2.45) is 0 Å². The number of aliphatic hydroxyl groups excluding tert-OH is 1. The molecule has 1 N–H and O–H groups in total. The molecule has 0 aromatic heterocycles. The Balaban J connectivity index is 2.95. The number of rotatable bonds is 14. The molecule has 0 amide bonds. The van der Waals surface area contributed by atoms with Crippen molar-refractivity contribution in [2.75, 3.05) is 31.3 Å². The van der Waals surface area contributed by atoms with Crippen molar-refractivity contribution in [1.29, 1.82) is 0 Å². The summed E-state index contributed by atoms with van der Waals surface area (Å²) < 4.78 is 32.7. The maximum Gasteiger partial charge on any atom is 0.303 e. The van der Waals surface area contributed by atoms with E-state index in [1.54, 1.807) is 11.8 Å². The van der Waals surface area contributed by atoms with Gasteiger partial charge in [0.2, 0.25) is 0 Å². The van der Waals surface area contributed by atoms with Gasteiger partial charge in [-0.05, 0) is 18.6 Å². The lowest BCUT2D eigenvalue weighted by Crippen LogP contribution is -2.63. The number of carbonyl (C=O) groups is 4. The van der Waals surface area contributed by atoms with Crippen LogP contribution >= 0.6 is 11.8 Å². The maximum absolute atomic E-state index is 11.8. The Bertz CT molecular complexity index is 642. The van der Waals surface area contributed by atoms with Crippen LogP contribution in [0, 0.1) is 0 Å². The lowest BCUT2D eigenvalue weighted by molar-refractivity contribution is -0.308. The van der Waals surface area contributed by atoms with Gasteiger partial charge < -0.3 is 33.5 Å². The van der Waals surface area contributed by atoms with Gasteiger partial charge in [0.05, 0.1) is 6.61 Å². The van der Waals surface area contributed by atoms with Crippen molar-refractivity contribution in [2.45, 2.75) is 77.7 Å². The number of esters is 4. The second-order valence-electron chi connectivity index (χ2n) is 7.34. The highest BCUT2D eigenvalue weighted by atomic mass is 32.2. The summed E-state index contributed by atoms with van der Waals surface area (Å²) in [5.74, 6) is -1.02. The normalized spacial score (nSPS) is 24.6. The third kappa shape index (κ3) is 11.7. The fourth-order valence-electron chi connectivity index (χ4n) is 3.17. The minimum atomic E-state index is -1.23. The molecule has 0 radical (unpaired) electrons. The summed E-state index contributed by atoms with van der Waals surface area (Å²) in [6.07, 6.45) is -3.31. The second kappa shape index (κ2) is 15.9. The van der Waals surface area contributed by atoms with E-state index >= 15 is 0 Å². The van der Waals surface area contributed by atoms with Crippen molar-refractivity contribution < 1.29 is 52.7 Å². The van der Waals surface area contributed by atoms with E-state index in [4.69, 9.17) is 33.5 Å². The van der Waals surface area contributed by atoms with Gasteiger partial charge in [0, 0.05) is 40.1 Å². The monoisotopic (exact) mass is 494 g/mol. The van der Waals surface area contributed by atoms with Gasteiger partial charge in [-0.25, -0.2) is 0 Å². The van der Waals surface area contributed by atoms with E-state index in [9.17, 15) is 19.2 Å². The lowest BCUT2D eigenvalue weighted by Gasteiger charge is -2.44. The molecule has 0 aromatic carbocycles. The van der Waals surface area contributed by atoms with Crippen molar-refractivity contribution in [3.63, 3.8) is 0 Å². The van der Waals surface area contributed by atoms with Crippen LogP contribution in [0.2, 0.25) is 0 Å². The summed E-state index contributed by atoms with van der Waals surface area (Å²) in [6, 6.07) is 0. The van der Waals surface area contributed by atoms with Crippen LogP contribution in [0.15, 0.2) is 0 Å². The minimum absolute atomic E-state index is 0.149. The smallest absolute Gasteiger partial charge is 0.303 e. The molecule has 1 aliphatic heterocycles. The second-order valence-corrected chi connectivity index (χ2v) is 8.56. The molecule has 0 aromatic rings. The standard InChI is InChI=1S/C21H34O11S/c1-13(23)28-12-17-18(29-14(2)24)19(30-15(3)25)20(31-16(4)26)21(32-17)27-9-6-5-7-10-33-11-8-22/h17-22H,5-12H2,1-4H3/t17-,18-,19+,20-,21-/m1/s1. The van der Waals surface area contributed by atoms with E-state index in [0.29, 0.717) is 12.2 Å². The first kappa shape index (κ1) is 29.1. The van der Waals surface area contributed by atoms with E-state index in [1.165, 1.54) is 13.8 Å². The highest BCUT2D eigenvalue weighted by Gasteiger charge is 2.52. The van der Waals surface area contributed by atoms with Crippen LogP contribution in [0.3, 0.4) is 0 Å². The largest absolute Gasteiger partial charge is 0.463 e. The zero-order valence-corrected chi connectivity index (χ0v) is 20.3. The lowest BCUT2D eigenvalue weighted by atomic mass is 9.98. The Hall–Kier alpha value is -1.89. The summed E-state index contributed by atoms with van der Waals surface area (Å²) in [5.41, 5.74) is 0. The van der Waals surface area contributed by atoms with Gasteiger partial charge in [-0.2, -0.15) is 11.8 Å². The van der Waals surface area contributed by atoms with E-state index in [2.05, 4.69) is 0 Å². The zero-order valence-electron chi connectivity index (χ0n) is 19.5. The van der Waals surface area contributed by atoms with Crippen molar-refractivity contribution in [3.8, 4) is 0 Å². The number of carbonyl (C=O) groups excluding carboxylic acids is 4. The fourth-order valence-corrected chi connectivity index (χ4v) is 3.91. The molecular weight excluding hydrogens is 460 g/mol. The molecule has 0 bridgehead atoms. The van der Waals surface area contributed by atoms with Crippen LogP contribution in [0.4, 0.5) is 0 Å². The molecule has 0 aliphatic carbocycles. The Morgan fingerprint density at radius 2 is 1.39 bits per heavy atom. The molecule has 190 valence electrons. The molecule has 1 rings (SSSR count). The summed E-state index contributed by atoms with van der Waals surface area (Å²) >= 11 is 1.66. The van der Waals surface area contributed by atoms with E-state index < -0.39 is 54.6 Å². The first-order valence-electron chi connectivity index (χ1n) is 10.8. The van der Waals surface area contributed by atoms with Gasteiger partial charge in [-0.3, -0.25) is 19.2 Å². The molecule has 0 unspecified atom stereocenters.